The van der Waals surface area contributed by atoms with Crippen molar-refractivity contribution >= 4 is 0 Å². The first-order valence-corrected chi connectivity index (χ1v) is 7.03. The number of rotatable bonds is 2. The van der Waals surface area contributed by atoms with Crippen molar-refractivity contribution in [1.29, 1.82) is 0 Å². The molecule has 2 nitrogen and oxygen atoms in total. The predicted octanol–water partition coefficient (Wildman–Crippen LogP) is 2.78. The molecule has 2 aliphatic rings. The Morgan fingerprint density at radius 3 is 2.38 bits per heavy atom. The molecule has 2 rings (SSSR count). The van der Waals surface area contributed by atoms with Crippen LogP contribution in [0.2, 0.25) is 0 Å². The van der Waals surface area contributed by atoms with Gasteiger partial charge < -0.3 is 5.32 Å². The summed E-state index contributed by atoms with van der Waals surface area (Å²) in [6.45, 7) is 11.8. The maximum absolute atomic E-state index is 3.82. The number of nitrogens with zero attached hydrogens (tertiary/aromatic N) is 1. The summed E-state index contributed by atoms with van der Waals surface area (Å²) in [5.74, 6) is 0. The van der Waals surface area contributed by atoms with Gasteiger partial charge in [0.1, 0.15) is 0 Å². The first-order valence-electron chi connectivity index (χ1n) is 7.03. The molecule has 0 aromatic rings. The number of hydrogen-bond acceptors (Lipinski definition) is 2. The molecule has 1 N–H and O–H groups in total. The highest BCUT2D eigenvalue weighted by atomic mass is 15.3. The number of hydrogen-bond donors (Lipinski definition) is 1. The van der Waals surface area contributed by atoms with Crippen molar-refractivity contribution in [3.05, 3.63) is 0 Å². The summed E-state index contributed by atoms with van der Waals surface area (Å²) in [4.78, 5) is 2.79. The molecule has 16 heavy (non-hydrogen) atoms. The highest BCUT2D eigenvalue weighted by Crippen LogP contribution is 2.40. The fraction of sp³-hybridized carbons (Fsp3) is 1.00. The third-order valence-electron chi connectivity index (χ3n) is 4.91. The molecule has 1 unspecified atom stereocenters. The molecular formula is C14H28N2. The van der Waals surface area contributed by atoms with Crippen molar-refractivity contribution in [3.8, 4) is 0 Å². The summed E-state index contributed by atoms with van der Waals surface area (Å²) in [5.41, 5.74) is 0.820. The second kappa shape index (κ2) is 4.30. The quantitative estimate of drug-likeness (QED) is 0.776. The van der Waals surface area contributed by atoms with Gasteiger partial charge in [-0.1, -0.05) is 19.8 Å². The lowest BCUT2D eigenvalue weighted by Gasteiger charge is -2.54. The molecule has 1 atom stereocenters. The van der Waals surface area contributed by atoms with E-state index in [4.69, 9.17) is 0 Å². The summed E-state index contributed by atoms with van der Waals surface area (Å²) in [6.07, 6.45) is 6.88. The smallest absolute Gasteiger partial charge is 0.0337 e. The Balaban J connectivity index is 2.17. The van der Waals surface area contributed by atoms with Gasteiger partial charge in [0.05, 0.1) is 0 Å². The zero-order valence-corrected chi connectivity index (χ0v) is 11.5. The molecule has 1 saturated carbocycles. The predicted molar refractivity (Wildman–Crippen MR) is 69.7 cm³/mol. The van der Waals surface area contributed by atoms with E-state index in [0.29, 0.717) is 17.1 Å². The van der Waals surface area contributed by atoms with Gasteiger partial charge in [-0.15, -0.1) is 0 Å². The van der Waals surface area contributed by atoms with E-state index < -0.39 is 0 Å². The van der Waals surface area contributed by atoms with Crippen LogP contribution < -0.4 is 5.32 Å². The summed E-state index contributed by atoms with van der Waals surface area (Å²) in [6, 6.07) is 0.686. The third-order valence-corrected chi connectivity index (χ3v) is 4.91. The molecule has 1 spiro atoms. The monoisotopic (exact) mass is 224 g/mol. The Kier molecular flexibility index (Phi) is 3.33. The van der Waals surface area contributed by atoms with Crippen LogP contribution in [0, 0.1) is 0 Å². The molecule has 2 fully saturated rings. The van der Waals surface area contributed by atoms with E-state index in [1.807, 2.05) is 0 Å². The second-order valence-electron chi connectivity index (χ2n) is 6.42. The minimum absolute atomic E-state index is 0.331. The topological polar surface area (TPSA) is 15.3 Å². The van der Waals surface area contributed by atoms with Crippen LogP contribution in [0.15, 0.2) is 0 Å². The maximum Gasteiger partial charge on any atom is 0.0337 e. The van der Waals surface area contributed by atoms with E-state index in [1.54, 1.807) is 0 Å². The van der Waals surface area contributed by atoms with Crippen molar-refractivity contribution < 1.29 is 0 Å². The van der Waals surface area contributed by atoms with Crippen LogP contribution in [-0.2, 0) is 0 Å². The molecule has 0 aromatic heterocycles. The van der Waals surface area contributed by atoms with Crippen LogP contribution in [-0.4, -0.2) is 35.1 Å². The molecule has 2 heteroatoms. The first-order chi connectivity index (χ1) is 7.51. The minimum atomic E-state index is 0.331. The highest BCUT2D eigenvalue weighted by molar-refractivity contribution is 5.06. The van der Waals surface area contributed by atoms with Gasteiger partial charge >= 0.3 is 0 Å². The van der Waals surface area contributed by atoms with E-state index >= 15 is 0 Å². The minimum Gasteiger partial charge on any atom is -0.308 e. The average molecular weight is 224 g/mol. The maximum atomic E-state index is 3.82. The molecule has 1 aliphatic heterocycles. The molecule has 1 saturated heterocycles. The van der Waals surface area contributed by atoms with Crippen LogP contribution in [0.5, 0.6) is 0 Å². The average Bonchev–Trinajstić information content (AvgIpc) is 2.72. The van der Waals surface area contributed by atoms with Gasteiger partial charge in [-0.25, -0.2) is 0 Å². The third kappa shape index (κ3) is 2.02. The molecule has 1 aliphatic carbocycles. The van der Waals surface area contributed by atoms with Crippen LogP contribution in [0.1, 0.15) is 59.8 Å². The fourth-order valence-electron chi connectivity index (χ4n) is 3.54. The lowest BCUT2D eigenvalue weighted by atomic mass is 9.84. The summed E-state index contributed by atoms with van der Waals surface area (Å²) in [7, 11) is 0. The SMILES string of the molecule is CCC1(C)CN(C(C)C)C2(CCCC2)CN1. The van der Waals surface area contributed by atoms with Crippen molar-refractivity contribution in [2.75, 3.05) is 13.1 Å². The zero-order chi connectivity index (χ0) is 11.8. The largest absolute Gasteiger partial charge is 0.308 e. The van der Waals surface area contributed by atoms with E-state index in [2.05, 4.69) is 37.9 Å². The summed E-state index contributed by atoms with van der Waals surface area (Å²) < 4.78 is 0. The van der Waals surface area contributed by atoms with Gasteiger partial charge in [0, 0.05) is 30.2 Å². The van der Waals surface area contributed by atoms with E-state index in [-0.39, 0.29) is 0 Å². The molecule has 94 valence electrons. The molecular weight excluding hydrogens is 196 g/mol. The Bertz CT molecular complexity index is 243. The number of nitrogens with one attached hydrogen (secondary N) is 1. The van der Waals surface area contributed by atoms with Crippen molar-refractivity contribution in [2.45, 2.75) is 76.9 Å². The number of piperazine rings is 1. The van der Waals surface area contributed by atoms with Crippen LogP contribution in [0.3, 0.4) is 0 Å². The zero-order valence-electron chi connectivity index (χ0n) is 11.5. The molecule has 1 heterocycles. The van der Waals surface area contributed by atoms with Crippen molar-refractivity contribution in [1.82, 2.24) is 10.2 Å². The Hall–Kier alpha value is -0.0800. The highest BCUT2D eigenvalue weighted by Gasteiger charge is 2.47. The Labute approximate surface area is 101 Å². The Morgan fingerprint density at radius 2 is 1.88 bits per heavy atom. The molecule has 0 aromatic carbocycles. The summed E-state index contributed by atoms with van der Waals surface area (Å²) in [5, 5.41) is 3.82. The van der Waals surface area contributed by atoms with Gasteiger partial charge in [0.15, 0.2) is 0 Å². The Morgan fingerprint density at radius 1 is 1.25 bits per heavy atom. The fourth-order valence-corrected chi connectivity index (χ4v) is 3.54. The van der Waals surface area contributed by atoms with Gasteiger partial charge in [-0.2, -0.15) is 0 Å². The van der Waals surface area contributed by atoms with Crippen molar-refractivity contribution in [3.63, 3.8) is 0 Å². The second-order valence-corrected chi connectivity index (χ2v) is 6.42. The molecule has 0 bridgehead atoms. The van der Waals surface area contributed by atoms with Crippen LogP contribution in [0.4, 0.5) is 0 Å². The normalized spacial score (nSPS) is 35.1. The van der Waals surface area contributed by atoms with Gasteiger partial charge in [0.2, 0.25) is 0 Å². The molecule has 0 radical (unpaired) electrons. The lowest BCUT2D eigenvalue weighted by Crippen LogP contribution is -2.69. The van der Waals surface area contributed by atoms with Gasteiger partial charge in [-0.3, -0.25) is 4.90 Å². The summed E-state index contributed by atoms with van der Waals surface area (Å²) >= 11 is 0. The van der Waals surface area contributed by atoms with Gasteiger partial charge in [-0.05, 0) is 40.0 Å². The van der Waals surface area contributed by atoms with Crippen LogP contribution >= 0.6 is 0 Å². The van der Waals surface area contributed by atoms with Crippen LogP contribution in [0.25, 0.3) is 0 Å². The van der Waals surface area contributed by atoms with Gasteiger partial charge in [0.25, 0.3) is 0 Å². The van der Waals surface area contributed by atoms with Crippen molar-refractivity contribution in [2.24, 2.45) is 0 Å². The lowest BCUT2D eigenvalue weighted by molar-refractivity contribution is -0.0110. The first kappa shape index (κ1) is 12.4. The van der Waals surface area contributed by atoms with E-state index in [1.165, 1.54) is 45.2 Å². The van der Waals surface area contributed by atoms with E-state index in [0.717, 1.165) is 0 Å². The molecule has 0 amide bonds. The van der Waals surface area contributed by atoms with E-state index in [9.17, 15) is 0 Å². The standard InChI is InChI=1S/C14H28N2/c1-5-13(4)11-16(12(2)3)14(10-15-13)8-6-7-9-14/h12,15H,5-11H2,1-4H3.